The van der Waals surface area contributed by atoms with Gasteiger partial charge in [0, 0.05) is 17.1 Å². The summed E-state index contributed by atoms with van der Waals surface area (Å²) in [4.78, 5) is 2.85. The lowest BCUT2D eigenvalue weighted by atomic mass is 9.41. The van der Waals surface area contributed by atoms with E-state index < -0.39 is 0 Å². The Labute approximate surface area is 132 Å². The summed E-state index contributed by atoms with van der Waals surface area (Å²) >= 11 is 0. The Morgan fingerprint density at radius 2 is 2.00 bits per heavy atom. The molecular formula is C20H24N2. The zero-order valence-corrected chi connectivity index (χ0v) is 13.2. The summed E-state index contributed by atoms with van der Waals surface area (Å²) < 4.78 is 0. The Balaban J connectivity index is 1.70. The van der Waals surface area contributed by atoms with Gasteiger partial charge in [0.2, 0.25) is 0 Å². The van der Waals surface area contributed by atoms with E-state index in [0.29, 0.717) is 10.8 Å². The molecule has 6 aliphatic rings. The van der Waals surface area contributed by atoms with Crippen LogP contribution in [0.3, 0.4) is 0 Å². The molecule has 3 aliphatic carbocycles. The summed E-state index contributed by atoms with van der Waals surface area (Å²) in [6.07, 6.45) is 8.09. The molecule has 7 rings (SSSR count). The first-order chi connectivity index (χ1) is 10.7. The number of nitrogens with zero attached hydrogens (tertiary/aromatic N) is 1. The van der Waals surface area contributed by atoms with Gasteiger partial charge in [-0.05, 0) is 68.7 Å². The summed E-state index contributed by atoms with van der Waals surface area (Å²) in [6, 6.07) is 9.91. The lowest BCUT2D eigenvalue weighted by molar-refractivity contribution is -0.0718. The maximum absolute atomic E-state index is 4.63. The van der Waals surface area contributed by atoms with Gasteiger partial charge in [-0.15, -0.1) is 0 Å². The van der Waals surface area contributed by atoms with E-state index in [0.717, 1.165) is 6.04 Å². The van der Waals surface area contributed by atoms with Gasteiger partial charge in [-0.2, -0.15) is 0 Å². The van der Waals surface area contributed by atoms with Crippen molar-refractivity contribution in [1.29, 1.82) is 0 Å². The molecule has 3 heterocycles. The molecule has 114 valence electrons. The Morgan fingerprint density at radius 1 is 1.09 bits per heavy atom. The van der Waals surface area contributed by atoms with E-state index in [-0.39, 0.29) is 5.54 Å². The van der Waals surface area contributed by atoms with Crippen LogP contribution in [-0.4, -0.2) is 29.6 Å². The van der Waals surface area contributed by atoms with Crippen LogP contribution in [0.4, 0.5) is 5.69 Å². The third kappa shape index (κ3) is 0.999. The zero-order chi connectivity index (χ0) is 14.6. The highest BCUT2D eigenvalue weighted by molar-refractivity contribution is 5.71. The van der Waals surface area contributed by atoms with Crippen molar-refractivity contribution in [3.8, 4) is 0 Å². The normalized spacial score (nSPS) is 47.8. The Hall–Kier alpha value is -1.28. The highest BCUT2D eigenvalue weighted by atomic mass is 15.3. The Kier molecular flexibility index (Phi) is 1.91. The van der Waals surface area contributed by atoms with Gasteiger partial charge in [0.1, 0.15) is 0 Å². The predicted molar refractivity (Wildman–Crippen MR) is 89.1 cm³/mol. The van der Waals surface area contributed by atoms with E-state index in [4.69, 9.17) is 0 Å². The minimum absolute atomic E-state index is 0.148. The fourth-order valence-electron chi connectivity index (χ4n) is 7.51. The van der Waals surface area contributed by atoms with Gasteiger partial charge in [0.25, 0.3) is 0 Å². The topological polar surface area (TPSA) is 15.3 Å². The molecule has 4 unspecified atom stereocenters. The fourth-order valence-corrected chi connectivity index (χ4v) is 7.51. The fraction of sp³-hybridized carbons (Fsp3) is 0.600. The van der Waals surface area contributed by atoms with E-state index in [1.807, 2.05) is 0 Å². The second kappa shape index (κ2) is 3.46. The molecule has 1 N–H and O–H groups in total. The van der Waals surface area contributed by atoms with Crippen LogP contribution in [0.5, 0.6) is 0 Å². The van der Waals surface area contributed by atoms with Crippen molar-refractivity contribution in [2.45, 2.75) is 55.5 Å². The molecule has 3 spiro atoms. The van der Waals surface area contributed by atoms with Gasteiger partial charge < -0.3 is 5.32 Å². The van der Waals surface area contributed by atoms with Crippen LogP contribution < -0.4 is 5.32 Å². The minimum Gasteiger partial charge on any atom is -0.375 e. The average Bonchev–Trinajstić information content (AvgIpc) is 3.07. The molecular weight excluding hydrogens is 268 g/mol. The molecule has 2 saturated heterocycles. The monoisotopic (exact) mass is 292 g/mol. The molecule has 1 aromatic rings. The summed E-state index contributed by atoms with van der Waals surface area (Å²) in [6.45, 7) is 7.24. The second-order valence-corrected chi connectivity index (χ2v) is 8.48. The highest BCUT2D eigenvalue weighted by Gasteiger charge is 2.76. The van der Waals surface area contributed by atoms with E-state index in [9.17, 15) is 0 Å². The third-order valence-corrected chi connectivity index (χ3v) is 8.01. The summed E-state index contributed by atoms with van der Waals surface area (Å²) in [5, 5.41) is 4.01. The second-order valence-electron chi connectivity index (χ2n) is 8.48. The molecule has 2 nitrogen and oxygen atoms in total. The van der Waals surface area contributed by atoms with Crippen LogP contribution in [0.1, 0.15) is 44.1 Å². The van der Waals surface area contributed by atoms with E-state index >= 15 is 0 Å². The number of nitrogens with one attached hydrogen (secondary N) is 1. The number of piperidine rings is 1. The number of hydrogen-bond acceptors (Lipinski definition) is 2. The molecule has 0 aromatic heterocycles. The summed E-state index contributed by atoms with van der Waals surface area (Å²) in [7, 11) is 0. The largest absolute Gasteiger partial charge is 0.375 e. The molecule has 4 atom stereocenters. The predicted octanol–water partition coefficient (Wildman–Crippen LogP) is 3.70. The maximum atomic E-state index is 4.63. The molecule has 1 aromatic carbocycles. The van der Waals surface area contributed by atoms with Crippen molar-refractivity contribution >= 4 is 5.69 Å². The van der Waals surface area contributed by atoms with Crippen LogP contribution in [0.2, 0.25) is 0 Å². The highest BCUT2D eigenvalue weighted by Crippen LogP contribution is 2.73. The van der Waals surface area contributed by atoms with E-state index in [2.05, 4.69) is 41.1 Å². The van der Waals surface area contributed by atoms with Gasteiger partial charge in [0.05, 0.1) is 5.54 Å². The van der Waals surface area contributed by atoms with E-state index in [1.165, 1.54) is 62.9 Å². The van der Waals surface area contributed by atoms with Crippen LogP contribution in [0.15, 0.2) is 36.4 Å². The Bertz CT molecular complexity index is 709. The summed E-state index contributed by atoms with van der Waals surface area (Å²) in [5.74, 6) is 0. The number of anilines is 1. The van der Waals surface area contributed by atoms with Crippen molar-refractivity contribution in [1.82, 2.24) is 4.90 Å². The minimum atomic E-state index is 0.148. The quantitative estimate of drug-likeness (QED) is 0.734. The number of rotatable bonds is 0. The van der Waals surface area contributed by atoms with Crippen LogP contribution in [0.25, 0.3) is 0 Å². The Morgan fingerprint density at radius 3 is 2.91 bits per heavy atom. The number of para-hydroxylation sites is 1. The first-order valence-corrected chi connectivity index (χ1v) is 9.02. The van der Waals surface area contributed by atoms with Crippen molar-refractivity contribution in [2.24, 2.45) is 5.41 Å². The van der Waals surface area contributed by atoms with Gasteiger partial charge in [0.15, 0.2) is 0 Å². The molecule has 2 heteroatoms. The van der Waals surface area contributed by atoms with Gasteiger partial charge in [-0.1, -0.05) is 30.4 Å². The van der Waals surface area contributed by atoms with Crippen molar-refractivity contribution in [2.75, 3.05) is 18.4 Å². The first-order valence-electron chi connectivity index (χ1n) is 9.02. The summed E-state index contributed by atoms with van der Waals surface area (Å²) in [5.41, 5.74) is 5.48. The third-order valence-electron chi connectivity index (χ3n) is 8.01. The SMILES string of the molecule is C=C1CC23CCCN4CCC5(c6ccccc6NC15CC2)C43. The standard InChI is InChI=1S/C20H24N2/c1-14-13-18-7-4-11-22-12-10-19(17(18)22)15-5-2-3-6-16(15)21-20(14,19)9-8-18/h2-3,5-6,17,21H,1,4,7-13H2. The number of benzene rings is 1. The molecule has 22 heavy (non-hydrogen) atoms. The molecule has 5 fully saturated rings. The number of hydrogen-bond donors (Lipinski definition) is 1. The van der Waals surface area contributed by atoms with Crippen LogP contribution >= 0.6 is 0 Å². The maximum Gasteiger partial charge on any atom is 0.0696 e. The zero-order valence-electron chi connectivity index (χ0n) is 13.2. The smallest absolute Gasteiger partial charge is 0.0696 e. The molecule has 3 saturated carbocycles. The van der Waals surface area contributed by atoms with E-state index in [1.54, 1.807) is 5.56 Å². The molecule has 3 aliphatic heterocycles. The van der Waals surface area contributed by atoms with Crippen molar-refractivity contribution in [3.05, 3.63) is 42.0 Å². The first kappa shape index (κ1) is 12.2. The van der Waals surface area contributed by atoms with Gasteiger partial charge in [-0.3, -0.25) is 4.90 Å². The van der Waals surface area contributed by atoms with Crippen molar-refractivity contribution in [3.63, 3.8) is 0 Å². The number of fused-ring (bicyclic) bond motifs is 3. The molecule has 0 amide bonds. The van der Waals surface area contributed by atoms with Crippen LogP contribution in [0, 0.1) is 5.41 Å². The average molecular weight is 292 g/mol. The lowest BCUT2D eigenvalue weighted by Crippen LogP contribution is -2.73. The lowest BCUT2D eigenvalue weighted by Gasteiger charge is -2.67. The van der Waals surface area contributed by atoms with Crippen LogP contribution in [-0.2, 0) is 5.41 Å². The molecule has 2 bridgehead atoms. The van der Waals surface area contributed by atoms with Crippen molar-refractivity contribution < 1.29 is 0 Å². The van der Waals surface area contributed by atoms with Gasteiger partial charge in [-0.25, -0.2) is 0 Å². The van der Waals surface area contributed by atoms with Gasteiger partial charge >= 0.3 is 0 Å². The molecule has 0 radical (unpaired) electrons.